The highest BCUT2D eigenvalue weighted by atomic mass is 35.5. The van der Waals surface area contributed by atoms with E-state index in [-0.39, 0.29) is 40.8 Å². The summed E-state index contributed by atoms with van der Waals surface area (Å²) >= 11 is 6.36. The Labute approximate surface area is 290 Å². The first-order valence-corrected chi connectivity index (χ1v) is 17.4. The third kappa shape index (κ3) is 6.72. The van der Waals surface area contributed by atoms with Gasteiger partial charge >= 0.3 is 6.16 Å². The van der Waals surface area contributed by atoms with Crippen LogP contribution in [0.5, 0.6) is 5.88 Å². The molecule has 9 nitrogen and oxygen atoms in total. The number of benzene rings is 3. The number of para-hydroxylation sites is 1. The molecule has 0 unspecified atom stereocenters. The maximum atomic E-state index is 14.0. The zero-order valence-electron chi connectivity index (χ0n) is 28.0. The van der Waals surface area contributed by atoms with Crippen LogP contribution in [0.25, 0.3) is 16.6 Å². The molecule has 4 aliphatic rings. The molecule has 256 valence electrons. The van der Waals surface area contributed by atoms with Crippen LogP contribution in [-0.2, 0) is 11.2 Å². The topological polar surface area (TPSA) is 119 Å². The summed E-state index contributed by atoms with van der Waals surface area (Å²) in [7, 11) is 1.21. The second-order valence-electron chi connectivity index (χ2n) is 14.8. The number of nitrogens with zero attached hydrogens (tertiary/aromatic N) is 1. The first kappa shape index (κ1) is 33.3. The van der Waals surface area contributed by atoms with Crippen LogP contribution in [0.4, 0.5) is 4.79 Å². The fourth-order valence-electron chi connectivity index (χ4n) is 8.70. The molecule has 1 aromatic heterocycles. The fourth-order valence-corrected chi connectivity index (χ4v) is 8.86. The molecule has 0 aliphatic heterocycles. The number of pyridine rings is 1. The number of ether oxygens (including phenoxy) is 2. The number of amides is 1. The van der Waals surface area contributed by atoms with Crippen molar-refractivity contribution in [3.05, 3.63) is 105 Å². The number of aliphatic hydroxyl groups is 1. The Balaban J connectivity index is 1.14. The molecule has 3 N–H and O–H groups in total. The Hall–Kier alpha value is -4.18. The molecule has 1 heterocycles. The summed E-state index contributed by atoms with van der Waals surface area (Å²) in [6.45, 7) is 4.23. The Morgan fingerprint density at radius 3 is 2.35 bits per heavy atom. The molecule has 4 saturated carbocycles. The van der Waals surface area contributed by atoms with E-state index in [1.807, 2.05) is 56.3 Å². The van der Waals surface area contributed by atoms with Crippen molar-refractivity contribution in [3.63, 3.8) is 0 Å². The molecule has 0 saturated heterocycles. The second kappa shape index (κ2) is 12.9. The van der Waals surface area contributed by atoms with Gasteiger partial charge in [0.25, 0.3) is 5.91 Å². The Morgan fingerprint density at radius 2 is 1.69 bits per heavy atom. The van der Waals surface area contributed by atoms with Gasteiger partial charge in [-0.05, 0) is 112 Å². The van der Waals surface area contributed by atoms with Crippen molar-refractivity contribution >= 4 is 34.6 Å². The van der Waals surface area contributed by atoms with Gasteiger partial charge in [-0.15, -0.1) is 0 Å². The van der Waals surface area contributed by atoms with Crippen LogP contribution in [0.1, 0.15) is 67.4 Å². The van der Waals surface area contributed by atoms with Crippen LogP contribution in [0.2, 0.25) is 5.02 Å². The van der Waals surface area contributed by atoms with Gasteiger partial charge in [-0.3, -0.25) is 14.2 Å². The van der Waals surface area contributed by atoms with Crippen molar-refractivity contribution in [2.75, 3.05) is 13.7 Å². The number of rotatable bonds is 9. The minimum absolute atomic E-state index is 0.0383. The standard InChI is InChI=1S/C39H42ClN3O6/c1-38(2,47)22-41-39-19-24-15-26(20-39)33(27(16-24)21-39)42-35(45)25-11-9-23(10-12-25)17-31-34(44)30-14-13-28(40)18-32(30)43(29-7-5-4-6-8-29)36(31)49-37(46)48-3/h4-14,18,24,26-27,33,41,47H,15-17,19-22H2,1-3H3,(H,42,45)/t24-,26-,27+,33-,39+. The Kier molecular flexibility index (Phi) is 8.80. The summed E-state index contributed by atoms with van der Waals surface area (Å²) in [5.74, 6) is 1.41. The minimum Gasteiger partial charge on any atom is -0.437 e. The maximum absolute atomic E-state index is 14.0. The molecule has 0 radical (unpaired) electrons. The number of hydrogen-bond donors (Lipinski definition) is 3. The molecular formula is C39H42ClN3O6. The largest absolute Gasteiger partial charge is 0.514 e. The molecule has 49 heavy (non-hydrogen) atoms. The lowest BCUT2D eigenvalue weighted by atomic mass is 9.51. The van der Waals surface area contributed by atoms with Crippen molar-refractivity contribution in [1.82, 2.24) is 15.2 Å². The molecule has 3 aromatic carbocycles. The predicted molar refractivity (Wildman–Crippen MR) is 189 cm³/mol. The number of halogens is 1. The molecule has 10 heteroatoms. The van der Waals surface area contributed by atoms with E-state index in [2.05, 4.69) is 10.6 Å². The van der Waals surface area contributed by atoms with Gasteiger partial charge in [0.2, 0.25) is 5.88 Å². The van der Waals surface area contributed by atoms with Crippen LogP contribution in [-0.4, -0.2) is 52.6 Å². The smallest absolute Gasteiger partial charge is 0.437 e. The molecule has 4 fully saturated rings. The second-order valence-corrected chi connectivity index (χ2v) is 15.2. The average molecular weight is 684 g/mol. The van der Waals surface area contributed by atoms with Gasteiger partial charge < -0.3 is 25.2 Å². The first-order valence-electron chi connectivity index (χ1n) is 17.0. The number of carbonyl (C=O) groups is 2. The van der Waals surface area contributed by atoms with E-state index in [9.17, 15) is 19.5 Å². The van der Waals surface area contributed by atoms with E-state index in [0.717, 1.165) is 37.7 Å². The van der Waals surface area contributed by atoms with E-state index >= 15 is 0 Å². The van der Waals surface area contributed by atoms with Gasteiger partial charge in [0.05, 0.1) is 23.8 Å². The highest BCUT2D eigenvalue weighted by Crippen LogP contribution is 2.55. The van der Waals surface area contributed by atoms with Crippen molar-refractivity contribution in [2.45, 2.75) is 69.6 Å². The number of aromatic nitrogens is 1. The summed E-state index contributed by atoms with van der Waals surface area (Å²) in [5, 5.41) is 18.3. The number of β-amino-alcohol motifs (C(OH)–C–C–N with tert-alkyl or cyclic N) is 1. The quantitative estimate of drug-likeness (QED) is 0.174. The minimum atomic E-state index is -0.956. The Morgan fingerprint density at radius 1 is 1.00 bits per heavy atom. The van der Waals surface area contributed by atoms with Gasteiger partial charge in [0.15, 0.2) is 5.43 Å². The summed E-state index contributed by atoms with van der Waals surface area (Å²) in [5.41, 5.74) is 1.73. The lowest BCUT2D eigenvalue weighted by Crippen LogP contribution is -2.66. The average Bonchev–Trinajstić information content (AvgIpc) is 3.07. The first-order chi connectivity index (χ1) is 23.4. The summed E-state index contributed by atoms with van der Waals surface area (Å²) < 4.78 is 12.2. The van der Waals surface area contributed by atoms with E-state index < -0.39 is 11.8 Å². The molecule has 4 aliphatic carbocycles. The van der Waals surface area contributed by atoms with Crippen LogP contribution >= 0.6 is 11.6 Å². The van der Waals surface area contributed by atoms with Gasteiger partial charge in [-0.2, -0.15) is 0 Å². The van der Waals surface area contributed by atoms with Crippen molar-refractivity contribution in [3.8, 4) is 11.6 Å². The van der Waals surface area contributed by atoms with Crippen molar-refractivity contribution in [1.29, 1.82) is 0 Å². The van der Waals surface area contributed by atoms with Crippen LogP contribution < -0.4 is 20.8 Å². The van der Waals surface area contributed by atoms with Gasteiger partial charge in [0, 0.05) is 46.2 Å². The van der Waals surface area contributed by atoms with Crippen LogP contribution in [0.3, 0.4) is 0 Å². The molecule has 4 aromatic rings. The van der Waals surface area contributed by atoms with E-state index in [4.69, 9.17) is 21.1 Å². The summed E-state index contributed by atoms with van der Waals surface area (Å²) in [6, 6.07) is 21.6. The Bertz CT molecular complexity index is 1940. The van der Waals surface area contributed by atoms with E-state index in [1.54, 1.807) is 34.9 Å². The lowest BCUT2D eigenvalue weighted by Gasteiger charge is -2.60. The number of fused-ring (bicyclic) bond motifs is 1. The SMILES string of the molecule is COC(=O)Oc1c(Cc2ccc(C(=O)N[C@@H]3[C@@H]4C[C@@H]5C[C@H]3C[C@](NCC(C)(C)O)(C5)C4)cc2)c(=O)c2ccc(Cl)cc2n1-c1ccccc1. The van der Waals surface area contributed by atoms with Gasteiger partial charge in [-0.25, -0.2) is 4.79 Å². The van der Waals surface area contributed by atoms with Crippen LogP contribution in [0, 0.1) is 17.8 Å². The molecule has 1 amide bonds. The monoisotopic (exact) mass is 683 g/mol. The van der Waals surface area contributed by atoms with Crippen molar-refractivity contribution in [2.24, 2.45) is 17.8 Å². The molecule has 5 atom stereocenters. The molecule has 0 spiro atoms. The van der Waals surface area contributed by atoms with Gasteiger partial charge in [0.1, 0.15) is 0 Å². The zero-order valence-corrected chi connectivity index (χ0v) is 28.8. The van der Waals surface area contributed by atoms with E-state index in [0.29, 0.717) is 51.5 Å². The summed E-state index contributed by atoms with van der Waals surface area (Å²) in [4.78, 5) is 40.1. The third-order valence-corrected chi connectivity index (χ3v) is 10.8. The highest BCUT2D eigenvalue weighted by molar-refractivity contribution is 6.31. The predicted octanol–water partition coefficient (Wildman–Crippen LogP) is 6.42. The number of nitrogens with one attached hydrogen (secondary N) is 2. The van der Waals surface area contributed by atoms with Crippen molar-refractivity contribution < 1.29 is 24.2 Å². The van der Waals surface area contributed by atoms with Crippen LogP contribution in [0.15, 0.2) is 77.6 Å². The van der Waals surface area contributed by atoms with E-state index in [1.165, 1.54) is 7.11 Å². The zero-order chi connectivity index (χ0) is 34.5. The fraction of sp³-hybridized carbons (Fsp3) is 0.410. The number of carbonyl (C=O) groups excluding carboxylic acids is 2. The number of hydrogen-bond acceptors (Lipinski definition) is 7. The lowest BCUT2D eigenvalue weighted by molar-refractivity contribution is -0.0528. The number of methoxy groups -OCH3 is 1. The molecule has 8 rings (SSSR count). The molecular weight excluding hydrogens is 642 g/mol. The molecule has 4 bridgehead atoms. The highest BCUT2D eigenvalue weighted by Gasteiger charge is 2.55. The maximum Gasteiger partial charge on any atom is 0.514 e. The third-order valence-electron chi connectivity index (χ3n) is 10.6. The van der Waals surface area contributed by atoms with Gasteiger partial charge in [-0.1, -0.05) is 41.9 Å². The summed E-state index contributed by atoms with van der Waals surface area (Å²) in [6.07, 6.45) is 4.60. The normalized spacial score (nSPS) is 24.2.